The Kier molecular flexibility index (Phi) is 3.03. The Morgan fingerprint density at radius 2 is 2.00 bits per heavy atom. The zero-order chi connectivity index (χ0) is 12.6. The summed E-state index contributed by atoms with van der Waals surface area (Å²) in [6, 6.07) is 7.18. The molecule has 1 aromatic heterocycles. The lowest BCUT2D eigenvalue weighted by molar-refractivity contribution is 0.0829. The van der Waals surface area contributed by atoms with E-state index in [1.165, 1.54) is 0 Å². The first-order valence-electron chi connectivity index (χ1n) is 5.27. The first-order valence-corrected chi connectivity index (χ1v) is 5.65. The van der Waals surface area contributed by atoms with Gasteiger partial charge in [0.05, 0.1) is 11.1 Å². The van der Waals surface area contributed by atoms with Gasteiger partial charge in [-0.2, -0.15) is 0 Å². The normalized spacial score (nSPS) is 10.6. The minimum Gasteiger partial charge on any atom is -0.345 e. The van der Waals surface area contributed by atoms with E-state index in [1.807, 2.05) is 13.0 Å². The Labute approximate surface area is 105 Å². The summed E-state index contributed by atoms with van der Waals surface area (Å²) in [5, 5.41) is 1.40. The summed E-state index contributed by atoms with van der Waals surface area (Å²) in [6.45, 7) is 1.88. The molecule has 2 aromatic rings. The Hall–Kier alpha value is -1.61. The molecule has 88 valence electrons. The number of carbonyl (C=O) groups is 1. The molecule has 3 nitrogen and oxygen atoms in total. The highest BCUT2D eigenvalue weighted by molar-refractivity contribution is 6.31. The van der Waals surface area contributed by atoms with E-state index in [9.17, 15) is 4.79 Å². The second-order valence-electron chi connectivity index (χ2n) is 4.17. The van der Waals surface area contributed by atoms with Crippen LogP contribution in [0.1, 0.15) is 16.1 Å². The van der Waals surface area contributed by atoms with Crippen LogP contribution >= 0.6 is 11.6 Å². The number of halogens is 1. The van der Waals surface area contributed by atoms with Crippen LogP contribution in [0.5, 0.6) is 0 Å². The second kappa shape index (κ2) is 4.34. The van der Waals surface area contributed by atoms with Gasteiger partial charge in [-0.3, -0.25) is 9.78 Å². The van der Waals surface area contributed by atoms with Crippen LogP contribution in [0.4, 0.5) is 0 Å². The number of fused-ring (bicyclic) bond motifs is 1. The highest BCUT2D eigenvalue weighted by Gasteiger charge is 2.13. The Morgan fingerprint density at radius 1 is 1.29 bits per heavy atom. The number of hydrogen-bond donors (Lipinski definition) is 0. The maximum Gasteiger partial charge on any atom is 0.254 e. The lowest BCUT2D eigenvalue weighted by atomic mass is 10.1. The van der Waals surface area contributed by atoms with Crippen molar-refractivity contribution >= 4 is 28.4 Å². The van der Waals surface area contributed by atoms with Crippen LogP contribution in [0.15, 0.2) is 24.3 Å². The van der Waals surface area contributed by atoms with Crippen LogP contribution in [0.3, 0.4) is 0 Å². The molecule has 0 bridgehead atoms. The predicted octanol–water partition coefficient (Wildman–Crippen LogP) is 2.90. The molecule has 0 atom stereocenters. The summed E-state index contributed by atoms with van der Waals surface area (Å²) in [5.74, 6) is -0.0391. The molecule has 2 rings (SSSR count). The summed E-state index contributed by atoms with van der Waals surface area (Å²) >= 11 is 5.96. The van der Waals surface area contributed by atoms with Crippen molar-refractivity contribution in [3.8, 4) is 0 Å². The molecule has 0 aliphatic carbocycles. The largest absolute Gasteiger partial charge is 0.345 e. The van der Waals surface area contributed by atoms with E-state index in [2.05, 4.69) is 4.98 Å². The average molecular weight is 249 g/mol. The molecule has 1 aromatic carbocycles. The number of carbonyl (C=O) groups excluding carboxylic acids is 1. The zero-order valence-corrected chi connectivity index (χ0v) is 10.7. The van der Waals surface area contributed by atoms with E-state index in [0.717, 1.165) is 16.6 Å². The number of aromatic nitrogens is 1. The molecule has 0 N–H and O–H groups in total. The van der Waals surface area contributed by atoms with Gasteiger partial charge in [-0.25, -0.2) is 0 Å². The molecule has 0 spiro atoms. The second-order valence-corrected chi connectivity index (χ2v) is 4.61. The summed E-state index contributed by atoms with van der Waals surface area (Å²) in [4.78, 5) is 18.0. The maximum atomic E-state index is 12.1. The summed E-state index contributed by atoms with van der Waals surface area (Å²) in [7, 11) is 3.46. The molecule has 0 radical (unpaired) electrons. The molecule has 1 heterocycles. The van der Waals surface area contributed by atoms with Crippen molar-refractivity contribution in [2.24, 2.45) is 0 Å². The van der Waals surface area contributed by atoms with Gasteiger partial charge in [-0.15, -0.1) is 0 Å². The third-order valence-electron chi connectivity index (χ3n) is 2.54. The Morgan fingerprint density at radius 3 is 2.65 bits per heavy atom. The molecule has 0 fully saturated rings. The summed E-state index contributed by atoms with van der Waals surface area (Å²) in [5.41, 5.74) is 2.25. The van der Waals surface area contributed by atoms with Crippen LogP contribution in [0.2, 0.25) is 5.02 Å². The molecule has 0 saturated heterocycles. The Balaban J connectivity index is 2.76. The van der Waals surface area contributed by atoms with E-state index in [0.29, 0.717) is 10.6 Å². The molecule has 0 aliphatic rings. The highest BCUT2D eigenvalue weighted by Crippen LogP contribution is 2.23. The molecular formula is C13H13ClN2O. The first-order chi connectivity index (χ1) is 7.99. The molecular weight excluding hydrogens is 236 g/mol. The number of amides is 1. The molecule has 0 saturated carbocycles. The van der Waals surface area contributed by atoms with Gasteiger partial charge >= 0.3 is 0 Å². The summed E-state index contributed by atoms with van der Waals surface area (Å²) < 4.78 is 0. The zero-order valence-electron chi connectivity index (χ0n) is 9.99. The standard InChI is InChI=1S/C13H13ClN2O/c1-8-6-11(13(17)16(2)3)10-7-9(14)4-5-12(10)15-8/h4-7H,1-3H3. The van der Waals surface area contributed by atoms with Crippen molar-refractivity contribution in [1.29, 1.82) is 0 Å². The van der Waals surface area contributed by atoms with Crippen molar-refractivity contribution < 1.29 is 4.79 Å². The molecule has 17 heavy (non-hydrogen) atoms. The van der Waals surface area contributed by atoms with Gasteiger partial charge in [0.1, 0.15) is 0 Å². The van der Waals surface area contributed by atoms with Gasteiger partial charge in [0.2, 0.25) is 0 Å². The third kappa shape index (κ3) is 2.24. The van der Waals surface area contributed by atoms with E-state index in [-0.39, 0.29) is 5.91 Å². The van der Waals surface area contributed by atoms with Crippen molar-refractivity contribution in [3.05, 3.63) is 40.5 Å². The van der Waals surface area contributed by atoms with E-state index in [4.69, 9.17) is 11.6 Å². The smallest absolute Gasteiger partial charge is 0.254 e. The number of nitrogens with zero attached hydrogens (tertiary/aromatic N) is 2. The van der Waals surface area contributed by atoms with Crippen molar-refractivity contribution in [2.75, 3.05) is 14.1 Å². The lowest BCUT2D eigenvalue weighted by Crippen LogP contribution is -2.22. The quantitative estimate of drug-likeness (QED) is 0.778. The molecule has 4 heteroatoms. The molecule has 1 amide bonds. The van der Waals surface area contributed by atoms with Gasteiger partial charge in [0.25, 0.3) is 5.91 Å². The van der Waals surface area contributed by atoms with Gasteiger partial charge in [0.15, 0.2) is 0 Å². The van der Waals surface area contributed by atoms with Crippen LogP contribution in [-0.2, 0) is 0 Å². The summed E-state index contributed by atoms with van der Waals surface area (Å²) in [6.07, 6.45) is 0. The van der Waals surface area contributed by atoms with Crippen LogP contribution < -0.4 is 0 Å². The van der Waals surface area contributed by atoms with Crippen molar-refractivity contribution in [2.45, 2.75) is 6.92 Å². The number of pyridine rings is 1. The predicted molar refractivity (Wildman–Crippen MR) is 69.5 cm³/mol. The van der Waals surface area contributed by atoms with E-state index in [1.54, 1.807) is 37.2 Å². The van der Waals surface area contributed by atoms with Gasteiger partial charge in [0, 0.05) is 30.2 Å². The molecule has 0 aliphatic heterocycles. The van der Waals surface area contributed by atoms with Crippen molar-refractivity contribution in [1.82, 2.24) is 9.88 Å². The topological polar surface area (TPSA) is 33.2 Å². The third-order valence-corrected chi connectivity index (χ3v) is 2.77. The molecule has 0 unspecified atom stereocenters. The minimum atomic E-state index is -0.0391. The number of rotatable bonds is 1. The van der Waals surface area contributed by atoms with Gasteiger partial charge < -0.3 is 4.90 Å². The SMILES string of the molecule is Cc1cc(C(=O)N(C)C)c2cc(Cl)ccc2n1. The van der Waals surface area contributed by atoms with Crippen molar-refractivity contribution in [3.63, 3.8) is 0 Å². The van der Waals surface area contributed by atoms with Gasteiger partial charge in [-0.05, 0) is 31.2 Å². The van der Waals surface area contributed by atoms with Crippen LogP contribution in [0.25, 0.3) is 10.9 Å². The van der Waals surface area contributed by atoms with Crippen LogP contribution in [-0.4, -0.2) is 29.9 Å². The fourth-order valence-electron chi connectivity index (χ4n) is 1.75. The fourth-order valence-corrected chi connectivity index (χ4v) is 1.92. The highest BCUT2D eigenvalue weighted by atomic mass is 35.5. The average Bonchev–Trinajstić information content (AvgIpc) is 2.27. The lowest BCUT2D eigenvalue weighted by Gasteiger charge is -2.13. The Bertz CT molecular complexity index is 593. The number of benzene rings is 1. The van der Waals surface area contributed by atoms with Crippen LogP contribution in [0, 0.1) is 6.92 Å². The van der Waals surface area contributed by atoms with Gasteiger partial charge in [-0.1, -0.05) is 11.6 Å². The van der Waals surface area contributed by atoms with E-state index >= 15 is 0 Å². The fraction of sp³-hybridized carbons (Fsp3) is 0.231. The van der Waals surface area contributed by atoms with E-state index < -0.39 is 0 Å². The maximum absolute atomic E-state index is 12.1. The first kappa shape index (κ1) is 11.9. The number of hydrogen-bond acceptors (Lipinski definition) is 2. The minimum absolute atomic E-state index is 0.0391. The monoisotopic (exact) mass is 248 g/mol. The number of aryl methyl sites for hydroxylation is 1.